The number of anilines is 1. The van der Waals surface area contributed by atoms with Gasteiger partial charge in [0.2, 0.25) is 0 Å². The molecule has 1 aliphatic heterocycles. The van der Waals surface area contributed by atoms with E-state index in [9.17, 15) is 10.1 Å². The molecule has 0 unspecified atom stereocenters. The highest BCUT2D eigenvalue weighted by Crippen LogP contribution is 2.38. The molecule has 0 amide bonds. The molecule has 1 fully saturated rings. The largest absolute Gasteiger partial charge is 0.357 e. The van der Waals surface area contributed by atoms with Crippen molar-refractivity contribution in [1.82, 2.24) is 9.78 Å². The van der Waals surface area contributed by atoms with E-state index in [-0.39, 0.29) is 16.7 Å². The lowest BCUT2D eigenvalue weighted by molar-refractivity contribution is -0.384. The lowest BCUT2D eigenvalue weighted by Gasteiger charge is -2.37. The molecule has 1 aromatic heterocycles. The molecule has 2 heterocycles. The number of nitro groups is 1. The van der Waals surface area contributed by atoms with Crippen molar-refractivity contribution in [2.45, 2.75) is 25.3 Å². The van der Waals surface area contributed by atoms with Crippen LogP contribution < -0.4 is 4.90 Å². The number of benzene rings is 1. The number of aromatic nitrogens is 2. The Balaban J connectivity index is 2.03. The fraction of sp³-hybridized carbons (Fsp3) is 0.400. The lowest BCUT2D eigenvalue weighted by Crippen LogP contribution is -2.34. The molecule has 110 valence electrons. The van der Waals surface area contributed by atoms with Crippen LogP contribution in [0.4, 0.5) is 11.4 Å². The first-order chi connectivity index (χ1) is 10.2. The first-order valence-corrected chi connectivity index (χ1v) is 7.16. The number of para-hydroxylation sites is 2. The van der Waals surface area contributed by atoms with E-state index in [0.717, 1.165) is 31.5 Å². The fourth-order valence-electron chi connectivity index (χ4n) is 3.10. The van der Waals surface area contributed by atoms with Crippen molar-refractivity contribution in [2.75, 3.05) is 11.4 Å². The summed E-state index contributed by atoms with van der Waals surface area (Å²) in [6, 6.07) is 9.13. The van der Waals surface area contributed by atoms with Crippen molar-refractivity contribution >= 4 is 11.4 Å². The Morgan fingerprint density at radius 3 is 2.81 bits per heavy atom. The predicted octanol–water partition coefficient (Wildman–Crippen LogP) is 3.06. The molecule has 0 aliphatic carbocycles. The van der Waals surface area contributed by atoms with Gasteiger partial charge in [-0.25, -0.2) is 0 Å². The third-order valence-corrected chi connectivity index (χ3v) is 4.09. The molecule has 3 rings (SSSR count). The summed E-state index contributed by atoms with van der Waals surface area (Å²) < 4.78 is 1.86. The normalized spacial score (nSPS) is 18.7. The minimum absolute atomic E-state index is 0.146. The number of piperidine rings is 1. The zero-order valence-electron chi connectivity index (χ0n) is 12.0. The summed E-state index contributed by atoms with van der Waals surface area (Å²) in [6.45, 7) is 0.834. The van der Waals surface area contributed by atoms with Crippen LogP contribution in [-0.2, 0) is 7.05 Å². The molecular formula is C15H18N4O2. The molecule has 1 atom stereocenters. The molecule has 2 aromatic rings. The number of hydrogen-bond acceptors (Lipinski definition) is 4. The fourth-order valence-corrected chi connectivity index (χ4v) is 3.10. The summed E-state index contributed by atoms with van der Waals surface area (Å²) in [7, 11) is 1.92. The number of rotatable bonds is 3. The molecule has 6 nitrogen and oxygen atoms in total. The average Bonchev–Trinajstić information content (AvgIpc) is 2.93. The number of aryl methyl sites for hydroxylation is 1. The van der Waals surface area contributed by atoms with E-state index in [0.29, 0.717) is 5.69 Å². The molecule has 1 saturated heterocycles. The quantitative estimate of drug-likeness (QED) is 0.642. The van der Waals surface area contributed by atoms with Crippen molar-refractivity contribution in [2.24, 2.45) is 7.05 Å². The maximum absolute atomic E-state index is 11.3. The van der Waals surface area contributed by atoms with Crippen LogP contribution in [0, 0.1) is 10.1 Å². The summed E-state index contributed by atoms with van der Waals surface area (Å²) in [5, 5.41) is 15.5. The van der Waals surface area contributed by atoms with Gasteiger partial charge in [0, 0.05) is 25.9 Å². The second-order valence-corrected chi connectivity index (χ2v) is 5.33. The van der Waals surface area contributed by atoms with E-state index in [1.54, 1.807) is 18.3 Å². The Bertz CT molecular complexity index is 653. The van der Waals surface area contributed by atoms with Gasteiger partial charge in [-0.3, -0.25) is 14.8 Å². The molecule has 21 heavy (non-hydrogen) atoms. The highest BCUT2D eigenvalue weighted by atomic mass is 16.6. The summed E-state index contributed by atoms with van der Waals surface area (Å²) >= 11 is 0. The summed E-state index contributed by atoms with van der Waals surface area (Å²) in [5.74, 6) is 0. The highest BCUT2D eigenvalue weighted by molar-refractivity contribution is 5.64. The lowest BCUT2D eigenvalue weighted by atomic mass is 9.98. The topological polar surface area (TPSA) is 64.2 Å². The van der Waals surface area contributed by atoms with Crippen molar-refractivity contribution in [1.29, 1.82) is 0 Å². The van der Waals surface area contributed by atoms with Gasteiger partial charge in [-0.2, -0.15) is 5.10 Å². The second-order valence-electron chi connectivity index (χ2n) is 5.33. The zero-order valence-corrected chi connectivity index (χ0v) is 12.0. The number of nitrogens with zero attached hydrogens (tertiary/aromatic N) is 4. The molecule has 1 aliphatic rings. The molecule has 0 saturated carbocycles. The van der Waals surface area contributed by atoms with Crippen molar-refractivity contribution in [3.05, 3.63) is 52.3 Å². The van der Waals surface area contributed by atoms with Gasteiger partial charge in [0.05, 0.1) is 16.7 Å². The zero-order chi connectivity index (χ0) is 14.8. The van der Waals surface area contributed by atoms with Crippen molar-refractivity contribution < 1.29 is 4.92 Å². The smallest absolute Gasteiger partial charge is 0.292 e. The Labute approximate surface area is 123 Å². The maximum Gasteiger partial charge on any atom is 0.292 e. The molecule has 0 bridgehead atoms. The van der Waals surface area contributed by atoms with Gasteiger partial charge in [0.1, 0.15) is 5.69 Å². The Kier molecular flexibility index (Phi) is 3.60. The standard InChI is InChI=1S/C15H18N4O2/c1-17-12(9-10-16-17)13-7-4-5-11-18(13)14-6-2-3-8-15(14)19(20)21/h2-3,6,8-10,13H,4-5,7,11H2,1H3/t13-/m1/s1. The third-order valence-electron chi connectivity index (χ3n) is 4.09. The molecule has 6 heteroatoms. The van der Waals surface area contributed by atoms with E-state index in [1.807, 2.05) is 29.9 Å². The monoisotopic (exact) mass is 286 g/mol. The first kappa shape index (κ1) is 13.6. The predicted molar refractivity (Wildman–Crippen MR) is 80.2 cm³/mol. The van der Waals surface area contributed by atoms with Crippen LogP contribution in [0.5, 0.6) is 0 Å². The van der Waals surface area contributed by atoms with Crippen LogP contribution in [0.3, 0.4) is 0 Å². The summed E-state index contributed by atoms with van der Waals surface area (Å²) in [6.07, 6.45) is 4.96. The van der Waals surface area contributed by atoms with E-state index in [2.05, 4.69) is 10.00 Å². The average molecular weight is 286 g/mol. The van der Waals surface area contributed by atoms with Crippen molar-refractivity contribution in [3.8, 4) is 0 Å². The van der Waals surface area contributed by atoms with Gasteiger partial charge in [-0.05, 0) is 31.4 Å². The Morgan fingerprint density at radius 2 is 2.10 bits per heavy atom. The SMILES string of the molecule is Cn1nccc1[C@H]1CCCCN1c1ccccc1[N+](=O)[O-]. The van der Waals surface area contributed by atoms with Crippen LogP contribution >= 0.6 is 0 Å². The number of nitro benzene ring substituents is 1. The van der Waals surface area contributed by atoms with Crippen LogP contribution in [0.2, 0.25) is 0 Å². The Morgan fingerprint density at radius 1 is 1.29 bits per heavy atom. The van der Waals surface area contributed by atoms with Crippen LogP contribution in [0.25, 0.3) is 0 Å². The van der Waals surface area contributed by atoms with Gasteiger partial charge in [0.25, 0.3) is 5.69 Å². The molecule has 0 N–H and O–H groups in total. The van der Waals surface area contributed by atoms with Crippen LogP contribution in [-0.4, -0.2) is 21.2 Å². The Hall–Kier alpha value is -2.37. The third kappa shape index (κ3) is 2.49. The van der Waals surface area contributed by atoms with Gasteiger partial charge in [-0.15, -0.1) is 0 Å². The minimum atomic E-state index is -0.301. The molecular weight excluding hydrogens is 268 g/mol. The van der Waals surface area contributed by atoms with Gasteiger partial charge >= 0.3 is 0 Å². The molecule has 0 radical (unpaired) electrons. The second kappa shape index (κ2) is 5.55. The van der Waals surface area contributed by atoms with Crippen LogP contribution in [0.1, 0.15) is 31.0 Å². The molecule has 1 aromatic carbocycles. The van der Waals surface area contributed by atoms with E-state index in [1.165, 1.54) is 0 Å². The summed E-state index contributed by atoms with van der Waals surface area (Å²) in [5.41, 5.74) is 1.98. The van der Waals surface area contributed by atoms with E-state index >= 15 is 0 Å². The highest BCUT2D eigenvalue weighted by Gasteiger charge is 2.30. The molecule has 0 spiro atoms. The van der Waals surface area contributed by atoms with Gasteiger partial charge in [-0.1, -0.05) is 12.1 Å². The first-order valence-electron chi connectivity index (χ1n) is 7.16. The van der Waals surface area contributed by atoms with E-state index < -0.39 is 0 Å². The van der Waals surface area contributed by atoms with Gasteiger partial charge < -0.3 is 4.90 Å². The maximum atomic E-state index is 11.3. The minimum Gasteiger partial charge on any atom is -0.357 e. The number of hydrogen-bond donors (Lipinski definition) is 0. The van der Waals surface area contributed by atoms with Gasteiger partial charge in [0.15, 0.2) is 0 Å². The van der Waals surface area contributed by atoms with Crippen molar-refractivity contribution in [3.63, 3.8) is 0 Å². The summed E-state index contributed by atoms with van der Waals surface area (Å²) in [4.78, 5) is 13.1. The van der Waals surface area contributed by atoms with E-state index in [4.69, 9.17) is 0 Å². The van der Waals surface area contributed by atoms with Crippen LogP contribution in [0.15, 0.2) is 36.5 Å².